The first-order chi connectivity index (χ1) is 10.4. The van der Waals surface area contributed by atoms with Gasteiger partial charge in [-0.2, -0.15) is 0 Å². The van der Waals surface area contributed by atoms with Crippen molar-refractivity contribution in [3.8, 4) is 11.3 Å². The van der Waals surface area contributed by atoms with Gasteiger partial charge in [0.2, 0.25) is 5.91 Å². The minimum Gasteiger partial charge on any atom is -0.301 e. The van der Waals surface area contributed by atoms with E-state index in [4.69, 9.17) is 0 Å². The van der Waals surface area contributed by atoms with Crippen molar-refractivity contribution in [2.75, 3.05) is 16.8 Å². The third-order valence-electron chi connectivity index (χ3n) is 2.61. The van der Waals surface area contributed by atoms with E-state index >= 15 is 0 Å². The van der Waals surface area contributed by atoms with Gasteiger partial charge in [-0.15, -0.1) is 17.9 Å². The molecule has 1 N–H and O–H groups in total. The average molecular weight is 340 g/mol. The normalized spacial score (nSPS) is 11.1. The number of nitrogens with one attached hydrogen (secondary N) is 1. The van der Waals surface area contributed by atoms with Crippen LogP contribution < -0.4 is 5.32 Å². The van der Waals surface area contributed by atoms with Gasteiger partial charge in [-0.05, 0) is 24.3 Å². The summed E-state index contributed by atoms with van der Waals surface area (Å²) in [4.78, 5) is 15.9. The van der Waals surface area contributed by atoms with Gasteiger partial charge in [0.15, 0.2) is 15.0 Å². The molecule has 0 atom stereocenters. The summed E-state index contributed by atoms with van der Waals surface area (Å²) in [6.07, 6.45) is 1.23. The van der Waals surface area contributed by atoms with Gasteiger partial charge in [0.1, 0.15) is 11.6 Å². The highest BCUT2D eigenvalue weighted by atomic mass is 32.2. The first kappa shape index (κ1) is 16.3. The molecule has 0 saturated carbocycles. The Morgan fingerprint density at radius 3 is 2.68 bits per heavy atom. The summed E-state index contributed by atoms with van der Waals surface area (Å²) >= 11 is 1.16. The maximum atomic E-state index is 12.9. The Kier molecular flexibility index (Phi) is 5.04. The number of nitrogens with zero attached hydrogens (tertiary/aromatic N) is 1. The molecule has 1 aromatic carbocycles. The van der Waals surface area contributed by atoms with E-state index in [1.807, 2.05) is 0 Å². The van der Waals surface area contributed by atoms with Crippen LogP contribution in [0.5, 0.6) is 0 Å². The quantitative estimate of drug-likeness (QED) is 0.820. The highest BCUT2D eigenvalue weighted by molar-refractivity contribution is 7.92. The van der Waals surface area contributed by atoms with Crippen molar-refractivity contribution >= 4 is 32.2 Å². The summed E-state index contributed by atoms with van der Waals surface area (Å²) in [5, 5.41) is 4.42. The third kappa shape index (κ3) is 4.47. The van der Waals surface area contributed by atoms with Gasteiger partial charge in [0.05, 0.1) is 11.4 Å². The molecule has 0 aliphatic rings. The molecule has 0 aliphatic carbocycles. The second-order valence-corrected chi connectivity index (χ2v) is 7.40. The van der Waals surface area contributed by atoms with Crippen molar-refractivity contribution < 1.29 is 17.6 Å². The van der Waals surface area contributed by atoms with E-state index in [0.29, 0.717) is 11.3 Å². The van der Waals surface area contributed by atoms with E-state index in [2.05, 4.69) is 16.9 Å². The van der Waals surface area contributed by atoms with Crippen LogP contribution in [0.3, 0.4) is 0 Å². The van der Waals surface area contributed by atoms with Crippen molar-refractivity contribution in [2.45, 2.75) is 0 Å². The molecular formula is C14H13FN2O3S2. The first-order valence-electron chi connectivity index (χ1n) is 6.22. The van der Waals surface area contributed by atoms with Gasteiger partial charge in [-0.3, -0.25) is 4.79 Å². The van der Waals surface area contributed by atoms with E-state index in [1.54, 1.807) is 17.5 Å². The zero-order valence-electron chi connectivity index (χ0n) is 11.5. The topological polar surface area (TPSA) is 76.1 Å². The van der Waals surface area contributed by atoms with E-state index in [1.165, 1.54) is 18.2 Å². The summed E-state index contributed by atoms with van der Waals surface area (Å²) in [5.74, 6) is -1.87. The maximum Gasteiger partial charge on any atom is 0.241 e. The number of carbonyl (C=O) groups is 1. The van der Waals surface area contributed by atoms with Crippen molar-refractivity contribution in [1.29, 1.82) is 0 Å². The van der Waals surface area contributed by atoms with Crippen LogP contribution in [-0.4, -0.2) is 30.8 Å². The maximum absolute atomic E-state index is 12.9. The van der Waals surface area contributed by atoms with Crippen LogP contribution in [0.4, 0.5) is 9.52 Å². The summed E-state index contributed by atoms with van der Waals surface area (Å²) < 4.78 is 35.9. The fraction of sp³-hybridized carbons (Fsp3) is 0.143. The van der Waals surface area contributed by atoms with Crippen molar-refractivity contribution in [3.63, 3.8) is 0 Å². The monoisotopic (exact) mass is 340 g/mol. The molecule has 8 heteroatoms. The number of sulfone groups is 1. The number of carbonyl (C=O) groups excluding carboxylic acids is 1. The predicted molar refractivity (Wildman–Crippen MR) is 85.0 cm³/mol. The number of aromatic nitrogens is 1. The minimum absolute atomic E-state index is 0.251. The fourth-order valence-electron chi connectivity index (χ4n) is 1.68. The molecular weight excluding hydrogens is 327 g/mol. The van der Waals surface area contributed by atoms with Crippen LogP contribution in [0.2, 0.25) is 0 Å². The van der Waals surface area contributed by atoms with Crippen LogP contribution in [0.25, 0.3) is 11.3 Å². The van der Waals surface area contributed by atoms with E-state index < -0.39 is 21.5 Å². The Hall–Kier alpha value is -2.06. The lowest BCUT2D eigenvalue weighted by Gasteiger charge is -2.01. The number of halogens is 1. The van der Waals surface area contributed by atoms with Crippen molar-refractivity contribution in [2.24, 2.45) is 0 Å². The smallest absolute Gasteiger partial charge is 0.241 e. The van der Waals surface area contributed by atoms with Gasteiger partial charge in [-0.1, -0.05) is 6.08 Å². The molecule has 5 nitrogen and oxygen atoms in total. The number of rotatable bonds is 6. The molecule has 2 rings (SSSR count). The molecule has 0 radical (unpaired) electrons. The lowest BCUT2D eigenvalue weighted by Crippen LogP contribution is -2.24. The Morgan fingerprint density at radius 2 is 2.05 bits per heavy atom. The number of thiazole rings is 1. The molecule has 1 heterocycles. The number of benzene rings is 1. The van der Waals surface area contributed by atoms with E-state index in [0.717, 1.165) is 11.3 Å². The van der Waals surface area contributed by atoms with Gasteiger partial charge in [-0.25, -0.2) is 17.8 Å². The lowest BCUT2D eigenvalue weighted by molar-refractivity contribution is -0.113. The van der Waals surface area contributed by atoms with Crippen LogP contribution >= 0.6 is 11.3 Å². The van der Waals surface area contributed by atoms with Gasteiger partial charge in [0.25, 0.3) is 0 Å². The molecule has 0 saturated heterocycles. The summed E-state index contributed by atoms with van der Waals surface area (Å²) in [6.45, 7) is 3.33. The molecule has 0 spiro atoms. The van der Waals surface area contributed by atoms with Gasteiger partial charge < -0.3 is 5.32 Å². The Morgan fingerprint density at radius 1 is 1.36 bits per heavy atom. The molecule has 1 amide bonds. The third-order valence-corrected chi connectivity index (χ3v) is 4.82. The van der Waals surface area contributed by atoms with Crippen LogP contribution in [-0.2, 0) is 14.6 Å². The number of hydrogen-bond acceptors (Lipinski definition) is 5. The SMILES string of the molecule is C=CCS(=O)(=O)CC(=O)Nc1nc(-c2ccc(F)cc2)cs1. The van der Waals surface area contributed by atoms with Crippen LogP contribution in [0.1, 0.15) is 0 Å². The number of hydrogen-bond donors (Lipinski definition) is 1. The molecule has 2 aromatic rings. The molecule has 116 valence electrons. The standard InChI is InChI=1S/C14H13FN2O3S2/c1-2-7-22(19,20)9-13(18)17-14-16-12(8-21-14)10-3-5-11(15)6-4-10/h2-6,8H,1,7,9H2,(H,16,17,18). The molecule has 1 aromatic heterocycles. The highest BCUT2D eigenvalue weighted by Crippen LogP contribution is 2.24. The largest absolute Gasteiger partial charge is 0.301 e. The average Bonchev–Trinajstić information content (AvgIpc) is 2.86. The Balaban J connectivity index is 2.04. The molecule has 0 bridgehead atoms. The molecule has 22 heavy (non-hydrogen) atoms. The summed E-state index contributed by atoms with van der Waals surface area (Å²) in [7, 11) is -3.50. The summed E-state index contributed by atoms with van der Waals surface area (Å²) in [6, 6.07) is 5.78. The number of amides is 1. The van der Waals surface area contributed by atoms with E-state index in [-0.39, 0.29) is 16.7 Å². The van der Waals surface area contributed by atoms with Crippen molar-refractivity contribution in [3.05, 3.63) is 48.1 Å². The van der Waals surface area contributed by atoms with Crippen LogP contribution in [0, 0.1) is 5.82 Å². The molecule has 0 aliphatic heterocycles. The zero-order chi connectivity index (χ0) is 16.2. The Labute approximate surface area is 131 Å². The minimum atomic E-state index is -3.50. The predicted octanol–water partition coefficient (Wildman–Crippen LogP) is 2.49. The zero-order valence-corrected chi connectivity index (χ0v) is 13.1. The second-order valence-electron chi connectivity index (χ2n) is 4.44. The summed E-state index contributed by atoms with van der Waals surface area (Å²) in [5.41, 5.74) is 1.28. The lowest BCUT2D eigenvalue weighted by atomic mass is 10.2. The molecule has 0 unspecified atom stereocenters. The molecule has 0 fully saturated rings. The highest BCUT2D eigenvalue weighted by Gasteiger charge is 2.16. The second kappa shape index (κ2) is 6.80. The van der Waals surface area contributed by atoms with Gasteiger partial charge >= 0.3 is 0 Å². The van der Waals surface area contributed by atoms with E-state index in [9.17, 15) is 17.6 Å². The fourth-order valence-corrected chi connectivity index (χ4v) is 3.36. The van der Waals surface area contributed by atoms with Gasteiger partial charge in [0, 0.05) is 10.9 Å². The number of anilines is 1. The Bertz CT molecular complexity index is 783. The van der Waals surface area contributed by atoms with Crippen LogP contribution in [0.15, 0.2) is 42.3 Å². The van der Waals surface area contributed by atoms with Crippen molar-refractivity contribution in [1.82, 2.24) is 4.98 Å². The first-order valence-corrected chi connectivity index (χ1v) is 8.92.